The SMILES string of the molecule is CCNCC(C)CN1CCC(C(C)C)CCC1=O. The molecule has 0 aromatic rings. The van der Waals surface area contributed by atoms with Crippen LogP contribution >= 0.6 is 0 Å². The lowest BCUT2D eigenvalue weighted by Gasteiger charge is -2.25. The van der Waals surface area contributed by atoms with Crippen LogP contribution in [-0.2, 0) is 4.79 Å². The Labute approximate surface area is 112 Å². The molecule has 18 heavy (non-hydrogen) atoms. The van der Waals surface area contributed by atoms with E-state index in [1.807, 2.05) is 0 Å². The molecule has 1 N–H and O–H groups in total. The van der Waals surface area contributed by atoms with Gasteiger partial charge in [-0.05, 0) is 43.7 Å². The van der Waals surface area contributed by atoms with Crippen molar-refractivity contribution in [2.75, 3.05) is 26.2 Å². The van der Waals surface area contributed by atoms with Crippen LogP contribution in [0.25, 0.3) is 0 Å². The summed E-state index contributed by atoms with van der Waals surface area (Å²) in [4.78, 5) is 14.2. The summed E-state index contributed by atoms with van der Waals surface area (Å²) in [5, 5.41) is 3.36. The van der Waals surface area contributed by atoms with Crippen LogP contribution in [0.3, 0.4) is 0 Å². The Bertz CT molecular complexity index is 253. The third-order valence-corrected chi connectivity index (χ3v) is 4.07. The van der Waals surface area contributed by atoms with Gasteiger partial charge in [0.25, 0.3) is 0 Å². The quantitative estimate of drug-likeness (QED) is 0.790. The zero-order chi connectivity index (χ0) is 13.5. The van der Waals surface area contributed by atoms with Crippen LogP contribution in [0.4, 0.5) is 0 Å². The van der Waals surface area contributed by atoms with E-state index >= 15 is 0 Å². The van der Waals surface area contributed by atoms with Gasteiger partial charge < -0.3 is 10.2 Å². The molecule has 0 aromatic carbocycles. The van der Waals surface area contributed by atoms with Crippen LogP contribution in [0.1, 0.15) is 47.0 Å². The molecule has 3 heteroatoms. The summed E-state index contributed by atoms with van der Waals surface area (Å²) in [6.07, 6.45) is 3.00. The fourth-order valence-corrected chi connectivity index (χ4v) is 2.75. The summed E-state index contributed by atoms with van der Waals surface area (Å²) in [7, 11) is 0. The number of likely N-dealkylation sites (tertiary alicyclic amines) is 1. The standard InChI is InChI=1S/C15H30N2O/c1-5-16-10-13(4)11-17-9-8-14(12(2)3)6-7-15(17)18/h12-14,16H,5-11H2,1-4H3. The molecule has 1 fully saturated rings. The van der Waals surface area contributed by atoms with Crippen molar-refractivity contribution < 1.29 is 4.79 Å². The molecule has 0 saturated carbocycles. The van der Waals surface area contributed by atoms with Crippen molar-refractivity contribution in [2.24, 2.45) is 17.8 Å². The molecule has 1 heterocycles. The fraction of sp³-hybridized carbons (Fsp3) is 0.933. The van der Waals surface area contributed by atoms with E-state index in [4.69, 9.17) is 0 Å². The topological polar surface area (TPSA) is 32.3 Å². The van der Waals surface area contributed by atoms with Crippen molar-refractivity contribution in [3.05, 3.63) is 0 Å². The summed E-state index contributed by atoms with van der Waals surface area (Å²) < 4.78 is 0. The van der Waals surface area contributed by atoms with E-state index < -0.39 is 0 Å². The Morgan fingerprint density at radius 2 is 2.06 bits per heavy atom. The molecular formula is C15H30N2O. The van der Waals surface area contributed by atoms with E-state index in [2.05, 4.69) is 37.9 Å². The highest BCUT2D eigenvalue weighted by Gasteiger charge is 2.24. The second kappa shape index (κ2) is 7.78. The normalized spacial score (nSPS) is 23.3. The van der Waals surface area contributed by atoms with E-state index in [-0.39, 0.29) is 0 Å². The van der Waals surface area contributed by atoms with Crippen molar-refractivity contribution in [3.8, 4) is 0 Å². The number of nitrogens with zero attached hydrogens (tertiary/aromatic N) is 1. The van der Waals surface area contributed by atoms with E-state index in [9.17, 15) is 4.79 Å². The first-order valence-corrected chi connectivity index (χ1v) is 7.53. The minimum Gasteiger partial charge on any atom is -0.342 e. The van der Waals surface area contributed by atoms with Gasteiger partial charge in [-0.3, -0.25) is 4.79 Å². The van der Waals surface area contributed by atoms with E-state index in [1.165, 1.54) is 6.42 Å². The molecule has 1 aliphatic heterocycles. The van der Waals surface area contributed by atoms with Gasteiger partial charge in [-0.2, -0.15) is 0 Å². The number of hydrogen-bond acceptors (Lipinski definition) is 2. The second-order valence-electron chi connectivity index (χ2n) is 6.08. The van der Waals surface area contributed by atoms with E-state index in [0.717, 1.165) is 44.9 Å². The van der Waals surface area contributed by atoms with Crippen LogP contribution in [0.2, 0.25) is 0 Å². The van der Waals surface area contributed by atoms with Gasteiger partial charge in [0.2, 0.25) is 5.91 Å². The molecule has 1 saturated heterocycles. The molecule has 1 rings (SSSR count). The summed E-state index contributed by atoms with van der Waals surface area (Å²) >= 11 is 0. The monoisotopic (exact) mass is 254 g/mol. The van der Waals surface area contributed by atoms with Gasteiger partial charge in [-0.1, -0.05) is 27.7 Å². The van der Waals surface area contributed by atoms with Crippen LogP contribution < -0.4 is 5.32 Å². The maximum Gasteiger partial charge on any atom is 0.222 e. The summed E-state index contributed by atoms with van der Waals surface area (Å²) in [6, 6.07) is 0. The molecule has 2 atom stereocenters. The highest BCUT2D eigenvalue weighted by molar-refractivity contribution is 5.76. The smallest absolute Gasteiger partial charge is 0.222 e. The van der Waals surface area contributed by atoms with Crippen LogP contribution in [0.5, 0.6) is 0 Å². The minimum atomic E-state index is 0.362. The molecule has 0 aliphatic carbocycles. The molecule has 1 amide bonds. The van der Waals surface area contributed by atoms with Gasteiger partial charge in [0.1, 0.15) is 0 Å². The Kier molecular flexibility index (Phi) is 6.69. The molecular weight excluding hydrogens is 224 g/mol. The molecule has 1 aliphatic rings. The molecule has 0 aromatic heterocycles. The van der Waals surface area contributed by atoms with Gasteiger partial charge >= 0.3 is 0 Å². The number of nitrogens with one attached hydrogen (secondary N) is 1. The molecule has 2 unspecified atom stereocenters. The maximum atomic E-state index is 12.1. The lowest BCUT2D eigenvalue weighted by Crippen LogP contribution is -2.37. The lowest BCUT2D eigenvalue weighted by molar-refractivity contribution is -0.131. The predicted octanol–water partition coefficient (Wildman–Crippen LogP) is 2.52. The van der Waals surface area contributed by atoms with E-state index in [1.54, 1.807) is 0 Å². The maximum absolute atomic E-state index is 12.1. The third-order valence-electron chi connectivity index (χ3n) is 4.07. The van der Waals surface area contributed by atoms with Crippen molar-refractivity contribution in [2.45, 2.75) is 47.0 Å². The summed E-state index contributed by atoms with van der Waals surface area (Å²) in [6.45, 7) is 12.8. The van der Waals surface area contributed by atoms with E-state index in [0.29, 0.717) is 17.7 Å². The number of amides is 1. The molecule has 0 bridgehead atoms. The first kappa shape index (κ1) is 15.5. The molecule has 0 radical (unpaired) electrons. The molecule has 106 valence electrons. The number of carbonyl (C=O) groups excluding carboxylic acids is 1. The number of rotatable bonds is 6. The largest absolute Gasteiger partial charge is 0.342 e. The van der Waals surface area contributed by atoms with Crippen molar-refractivity contribution in [3.63, 3.8) is 0 Å². The van der Waals surface area contributed by atoms with Gasteiger partial charge in [-0.25, -0.2) is 0 Å². The predicted molar refractivity (Wildman–Crippen MR) is 76.5 cm³/mol. The highest BCUT2D eigenvalue weighted by atomic mass is 16.2. The Morgan fingerprint density at radius 1 is 1.33 bits per heavy atom. The number of hydrogen-bond donors (Lipinski definition) is 1. The van der Waals surface area contributed by atoms with Crippen LogP contribution in [-0.4, -0.2) is 37.0 Å². The first-order chi connectivity index (χ1) is 8.54. The van der Waals surface area contributed by atoms with Crippen molar-refractivity contribution >= 4 is 5.91 Å². The van der Waals surface area contributed by atoms with Crippen molar-refractivity contribution in [1.29, 1.82) is 0 Å². The minimum absolute atomic E-state index is 0.362. The zero-order valence-electron chi connectivity index (χ0n) is 12.5. The lowest BCUT2D eigenvalue weighted by atomic mass is 9.89. The average Bonchev–Trinajstić information content (AvgIpc) is 2.50. The van der Waals surface area contributed by atoms with Gasteiger partial charge in [0, 0.05) is 19.5 Å². The molecule has 0 spiro atoms. The van der Waals surface area contributed by atoms with Gasteiger partial charge in [0.05, 0.1) is 0 Å². The average molecular weight is 254 g/mol. The summed E-state index contributed by atoms with van der Waals surface area (Å²) in [5.74, 6) is 2.34. The zero-order valence-corrected chi connectivity index (χ0v) is 12.5. The third kappa shape index (κ3) is 4.97. The Morgan fingerprint density at radius 3 is 2.67 bits per heavy atom. The van der Waals surface area contributed by atoms with Crippen LogP contribution in [0, 0.1) is 17.8 Å². The van der Waals surface area contributed by atoms with Gasteiger partial charge in [-0.15, -0.1) is 0 Å². The second-order valence-corrected chi connectivity index (χ2v) is 6.08. The first-order valence-electron chi connectivity index (χ1n) is 7.53. The highest BCUT2D eigenvalue weighted by Crippen LogP contribution is 2.25. The van der Waals surface area contributed by atoms with Crippen molar-refractivity contribution in [1.82, 2.24) is 10.2 Å². The molecule has 3 nitrogen and oxygen atoms in total. The number of carbonyl (C=O) groups is 1. The van der Waals surface area contributed by atoms with Crippen LogP contribution in [0.15, 0.2) is 0 Å². The Balaban J connectivity index is 2.43. The van der Waals surface area contributed by atoms with Gasteiger partial charge in [0.15, 0.2) is 0 Å². The Hall–Kier alpha value is -0.570. The fourth-order valence-electron chi connectivity index (χ4n) is 2.75. The summed E-state index contributed by atoms with van der Waals surface area (Å²) in [5.41, 5.74) is 0.